The minimum absolute atomic E-state index is 0.512. The lowest BCUT2D eigenvalue weighted by atomic mass is 9.99. The van der Waals surface area contributed by atoms with Gasteiger partial charge < -0.3 is 10.5 Å². The molecule has 5 rings (SSSR count). The highest BCUT2D eigenvalue weighted by Crippen LogP contribution is 2.32. The second kappa shape index (κ2) is 8.33. The van der Waals surface area contributed by atoms with Crippen LogP contribution in [0.1, 0.15) is 5.56 Å². The number of benzene rings is 4. The third-order valence-electron chi connectivity index (χ3n) is 5.35. The normalized spacial score (nSPS) is 10.8. The summed E-state index contributed by atoms with van der Waals surface area (Å²) in [5, 5.41) is 2.46. The molecule has 3 nitrogen and oxygen atoms in total. The van der Waals surface area contributed by atoms with E-state index in [2.05, 4.69) is 59.6 Å². The first kappa shape index (κ1) is 18.9. The molecule has 0 saturated heterocycles. The molecule has 0 radical (unpaired) electrons. The highest BCUT2D eigenvalue weighted by molar-refractivity contribution is 5.83. The predicted octanol–water partition coefficient (Wildman–Crippen LogP) is 6.73. The van der Waals surface area contributed by atoms with E-state index in [4.69, 9.17) is 10.5 Å². The topological polar surface area (TPSA) is 48.1 Å². The summed E-state index contributed by atoms with van der Waals surface area (Å²) in [7, 11) is 0. The average Bonchev–Trinajstić information content (AvgIpc) is 2.83. The van der Waals surface area contributed by atoms with Crippen LogP contribution in [0.15, 0.2) is 109 Å². The van der Waals surface area contributed by atoms with Gasteiger partial charge in [0.1, 0.15) is 18.2 Å². The third-order valence-corrected chi connectivity index (χ3v) is 5.35. The maximum atomic E-state index is 6.03. The number of pyridine rings is 1. The maximum absolute atomic E-state index is 6.03. The van der Waals surface area contributed by atoms with Crippen LogP contribution >= 0.6 is 0 Å². The Morgan fingerprint density at radius 1 is 0.645 bits per heavy atom. The van der Waals surface area contributed by atoms with E-state index in [1.807, 2.05) is 54.6 Å². The van der Waals surface area contributed by atoms with Crippen molar-refractivity contribution in [2.45, 2.75) is 6.61 Å². The van der Waals surface area contributed by atoms with Gasteiger partial charge >= 0.3 is 0 Å². The van der Waals surface area contributed by atoms with E-state index in [1.165, 1.54) is 10.8 Å². The van der Waals surface area contributed by atoms with Gasteiger partial charge in [0.15, 0.2) is 0 Å². The summed E-state index contributed by atoms with van der Waals surface area (Å²) in [6, 6.07) is 36.9. The van der Waals surface area contributed by atoms with Crippen LogP contribution in [0.3, 0.4) is 0 Å². The fourth-order valence-corrected chi connectivity index (χ4v) is 3.75. The number of ether oxygens (including phenoxy) is 1. The van der Waals surface area contributed by atoms with Crippen LogP contribution in [0.4, 0.5) is 5.82 Å². The summed E-state index contributed by atoms with van der Waals surface area (Å²) in [5.74, 6) is 1.35. The van der Waals surface area contributed by atoms with Crippen molar-refractivity contribution < 1.29 is 4.74 Å². The largest absolute Gasteiger partial charge is 0.489 e. The number of nitrogens with zero attached hydrogens (tertiary/aromatic N) is 1. The number of rotatable bonds is 5. The van der Waals surface area contributed by atoms with E-state index in [1.54, 1.807) is 0 Å². The number of nitrogens with two attached hydrogens (primary N) is 1. The van der Waals surface area contributed by atoms with Crippen molar-refractivity contribution in [2.24, 2.45) is 0 Å². The van der Waals surface area contributed by atoms with Crippen LogP contribution in [0.2, 0.25) is 0 Å². The van der Waals surface area contributed by atoms with Gasteiger partial charge in [-0.2, -0.15) is 0 Å². The monoisotopic (exact) mass is 402 g/mol. The second-order valence-electron chi connectivity index (χ2n) is 7.49. The SMILES string of the molecule is Nc1ccc(-c2ccc(OCc3ccc4ccccc4c3)cc2)c(-c2ccccc2)n1. The van der Waals surface area contributed by atoms with Crippen LogP contribution in [0.5, 0.6) is 5.75 Å². The van der Waals surface area contributed by atoms with Crippen LogP contribution < -0.4 is 10.5 Å². The van der Waals surface area contributed by atoms with Crippen molar-refractivity contribution in [1.29, 1.82) is 0 Å². The van der Waals surface area contributed by atoms with Crippen LogP contribution in [0, 0.1) is 0 Å². The molecule has 0 saturated carbocycles. The Morgan fingerprint density at radius 3 is 2.19 bits per heavy atom. The fourth-order valence-electron chi connectivity index (χ4n) is 3.75. The summed E-state index contributed by atoms with van der Waals surface area (Å²) in [6.45, 7) is 0.531. The van der Waals surface area contributed by atoms with E-state index >= 15 is 0 Å². The van der Waals surface area contributed by atoms with Crippen LogP contribution in [0.25, 0.3) is 33.2 Å². The van der Waals surface area contributed by atoms with Crippen molar-refractivity contribution in [1.82, 2.24) is 4.98 Å². The quantitative estimate of drug-likeness (QED) is 0.354. The Bertz CT molecular complexity index is 1330. The number of hydrogen-bond donors (Lipinski definition) is 1. The molecule has 0 bridgehead atoms. The molecule has 31 heavy (non-hydrogen) atoms. The molecule has 0 unspecified atom stereocenters. The number of nitrogen functional groups attached to an aromatic ring is 1. The summed E-state index contributed by atoms with van der Waals surface area (Å²) in [5.41, 5.74) is 11.2. The molecule has 1 aromatic heterocycles. The zero-order chi connectivity index (χ0) is 21.0. The molecule has 1 heterocycles. The van der Waals surface area contributed by atoms with Gasteiger partial charge in [-0.15, -0.1) is 0 Å². The van der Waals surface area contributed by atoms with E-state index in [9.17, 15) is 0 Å². The smallest absolute Gasteiger partial charge is 0.124 e. The molecule has 0 spiro atoms. The first-order chi connectivity index (χ1) is 15.3. The summed E-state index contributed by atoms with van der Waals surface area (Å²) in [6.07, 6.45) is 0. The molecule has 3 heteroatoms. The van der Waals surface area contributed by atoms with Crippen molar-refractivity contribution in [3.63, 3.8) is 0 Å². The lowest BCUT2D eigenvalue weighted by Crippen LogP contribution is -1.96. The van der Waals surface area contributed by atoms with Gasteiger partial charge in [0, 0.05) is 11.1 Å². The highest BCUT2D eigenvalue weighted by Gasteiger charge is 2.10. The maximum Gasteiger partial charge on any atom is 0.124 e. The molecule has 2 N–H and O–H groups in total. The fraction of sp³-hybridized carbons (Fsp3) is 0.0357. The van der Waals surface area contributed by atoms with Crippen LogP contribution in [-0.4, -0.2) is 4.98 Å². The molecular formula is C28H22N2O. The van der Waals surface area contributed by atoms with Gasteiger partial charge in [0.2, 0.25) is 0 Å². The molecule has 0 atom stereocenters. The van der Waals surface area contributed by atoms with Gasteiger partial charge in [-0.3, -0.25) is 0 Å². The Labute approximate surface area is 181 Å². The Morgan fingerprint density at radius 2 is 1.39 bits per heavy atom. The van der Waals surface area contributed by atoms with Gasteiger partial charge in [-0.05, 0) is 52.2 Å². The summed E-state index contributed by atoms with van der Waals surface area (Å²) < 4.78 is 6.03. The Balaban J connectivity index is 1.37. The Kier molecular flexibility index (Phi) is 5.07. The summed E-state index contributed by atoms with van der Waals surface area (Å²) in [4.78, 5) is 4.59. The Hall–Kier alpha value is -4.11. The molecular weight excluding hydrogens is 380 g/mol. The number of hydrogen-bond acceptors (Lipinski definition) is 3. The lowest BCUT2D eigenvalue weighted by Gasteiger charge is -2.12. The number of aromatic nitrogens is 1. The molecule has 5 aromatic rings. The third kappa shape index (κ3) is 4.12. The van der Waals surface area contributed by atoms with Gasteiger partial charge in [-0.25, -0.2) is 4.98 Å². The van der Waals surface area contributed by atoms with E-state index < -0.39 is 0 Å². The van der Waals surface area contributed by atoms with E-state index in [0.29, 0.717) is 12.4 Å². The zero-order valence-electron chi connectivity index (χ0n) is 17.0. The lowest BCUT2D eigenvalue weighted by molar-refractivity contribution is 0.306. The van der Waals surface area contributed by atoms with E-state index in [0.717, 1.165) is 33.7 Å². The molecule has 0 aliphatic carbocycles. The molecule has 0 aliphatic heterocycles. The van der Waals surface area contributed by atoms with Gasteiger partial charge in [-0.1, -0.05) is 78.9 Å². The molecule has 0 fully saturated rings. The average molecular weight is 402 g/mol. The van der Waals surface area contributed by atoms with Crippen molar-refractivity contribution in [3.05, 3.63) is 115 Å². The molecule has 4 aromatic carbocycles. The van der Waals surface area contributed by atoms with Crippen molar-refractivity contribution in [3.8, 4) is 28.1 Å². The molecule has 150 valence electrons. The summed E-state index contributed by atoms with van der Waals surface area (Å²) >= 11 is 0. The van der Waals surface area contributed by atoms with Crippen LogP contribution in [-0.2, 0) is 6.61 Å². The van der Waals surface area contributed by atoms with Crippen molar-refractivity contribution >= 4 is 16.6 Å². The minimum Gasteiger partial charge on any atom is -0.489 e. The predicted molar refractivity (Wildman–Crippen MR) is 128 cm³/mol. The number of fused-ring (bicyclic) bond motifs is 1. The van der Waals surface area contributed by atoms with Crippen molar-refractivity contribution in [2.75, 3.05) is 5.73 Å². The minimum atomic E-state index is 0.512. The molecule has 0 amide bonds. The number of anilines is 1. The second-order valence-corrected chi connectivity index (χ2v) is 7.49. The van der Waals surface area contributed by atoms with E-state index in [-0.39, 0.29) is 0 Å². The molecule has 0 aliphatic rings. The van der Waals surface area contributed by atoms with Gasteiger partial charge in [0.05, 0.1) is 5.69 Å². The first-order valence-corrected chi connectivity index (χ1v) is 10.3. The zero-order valence-corrected chi connectivity index (χ0v) is 17.0. The highest BCUT2D eigenvalue weighted by atomic mass is 16.5. The standard InChI is InChI=1S/C28H22N2O/c29-27-17-16-26(28(30-27)23-7-2-1-3-8-23)22-12-14-25(15-13-22)31-19-20-10-11-21-6-4-5-9-24(21)18-20/h1-18H,19H2,(H2,29,30). The first-order valence-electron chi connectivity index (χ1n) is 10.3. The van der Waals surface area contributed by atoms with Gasteiger partial charge in [0.25, 0.3) is 0 Å².